The van der Waals surface area contributed by atoms with Crippen LogP contribution < -0.4 is 4.74 Å². The van der Waals surface area contributed by atoms with Crippen LogP contribution in [0.3, 0.4) is 0 Å². The summed E-state index contributed by atoms with van der Waals surface area (Å²) in [6.45, 7) is 0.206. The number of hydrogen-bond donors (Lipinski definition) is 1. The molecule has 246 valence electrons. The van der Waals surface area contributed by atoms with E-state index < -0.39 is 70.9 Å². The Morgan fingerprint density at radius 3 is 2.19 bits per heavy atom. The van der Waals surface area contributed by atoms with E-state index >= 15 is 0 Å². The number of hydrogen-bond acceptors (Lipinski definition) is 5. The van der Waals surface area contributed by atoms with Crippen molar-refractivity contribution < 1.29 is 54.6 Å². The van der Waals surface area contributed by atoms with Crippen molar-refractivity contribution in [2.45, 2.75) is 37.2 Å². The Bertz CT molecular complexity index is 1850. The smallest absolute Gasteiger partial charge is 0.434 e. The minimum atomic E-state index is -5.15. The van der Waals surface area contributed by atoms with Gasteiger partial charge in [0.2, 0.25) is 5.91 Å². The number of ether oxygens (including phenoxy) is 1. The number of para-hydroxylation sites is 1. The lowest BCUT2D eigenvalue weighted by atomic mass is 9.90. The normalized spacial score (nSPS) is 17.7. The maximum Gasteiger partial charge on any atom is 0.434 e. The average Bonchev–Trinajstić information content (AvgIpc) is 3.39. The first-order chi connectivity index (χ1) is 22.0. The topological polar surface area (TPSA) is 97.5 Å². The molecule has 6 rings (SSSR count). The molecule has 1 atom stereocenters. The first-order valence-electron chi connectivity index (χ1n) is 14.0. The van der Waals surface area contributed by atoms with Gasteiger partial charge >= 0.3 is 18.3 Å². The average molecular weight is 667 g/mol. The van der Waals surface area contributed by atoms with Gasteiger partial charge in [0.15, 0.2) is 11.5 Å². The number of halogens is 8. The van der Waals surface area contributed by atoms with E-state index in [9.17, 15) is 49.8 Å². The predicted molar refractivity (Wildman–Crippen MR) is 147 cm³/mol. The van der Waals surface area contributed by atoms with Crippen molar-refractivity contribution in [1.29, 1.82) is 0 Å². The van der Waals surface area contributed by atoms with Crippen LogP contribution in [0.2, 0.25) is 0 Å². The molecule has 3 heterocycles. The number of pyridine rings is 1. The number of likely N-dealkylation sites (tertiary alicyclic amines) is 1. The number of carboxylic acid groups (broad SMARTS) is 1. The van der Waals surface area contributed by atoms with Crippen LogP contribution in [0.15, 0.2) is 66.9 Å². The van der Waals surface area contributed by atoms with E-state index in [0.717, 1.165) is 23.8 Å². The Labute approximate surface area is 260 Å². The van der Waals surface area contributed by atoms with Crippen molar-refractivity contribution in [3.8, 4) is 22.8 Å². The van der Waals surface area contributed by atoms with Gasteiger partial charge in [0.25, 0.3) is 5.92 Å². The molecular formula is C31H22F8N4O4. The Kier molecular flexibility index (Phi) is 7.71. The molecule has 0 spiro atoms. The second kappa shape index (κ2) is 11.3. The minimum absolute atomic E-state index is 0.0866. The van der Waals surface area contributed by atoms with Crippen LogP contribution in [-0.4, -0.2) is 55.7 Å². The van der Waals surface area contributed by atoms with Crippen molar-refractivity contribution in [2.24, 2.45) is 5.92 Å². The van der Waals surface area contributed by atoms with Crippen molar-refractivity contribution in [3.05, 3.63) is 94.8 Å². The number of carbonyl (C=O) groups is 2. The molecule has 0 bridgehead atoms. The van der Waals surface area contributed by atoms with Gasteiger partial charge in [0.1, 0.15) is 23.8 Å². The number of rotatable bonds is 8. The molecular weight excluding hydrogens is 644 g/mol. The fourth-order valence-electron chi connectivity index (χ4n) is 5.37. The molecule has 8 nitrogen and oxygen atoms in total. The molecule has 2 aliphatic rings. The number of aromatic nitrogens is 3. The maximum absolute atomic E-state index is 14.1. The van der Waals surface area contributed by atoms with Gasteiger partial charge in [-0.25, -0.2) is 23.2 Å². The first-order valence-corrected chi connectivity index (χ1v) is 14.0. The zero-order valence-corrected chi connectivity index (χ0v) is 23.8. The number of benzene rings is 2. The summed E-state index contributed by atoms with van der Waals surface area (Å²) in [6, 6.07) is 13.3. The van der Waals surface area contributed by atoms with Gasteiger partial charge in [-0.15, -0.1) is 0 Å². The third-order valence-electron chi connectivity index (χ3n) is 7.97. The number of carboxylic acids is 1. The van der Waals surface area contributed by atoms with Crippen LogP contribution in [0.5, 0.6) is 5.75 Å². The molecule has 1 aliphatic carbocycles. The lowest BCUT2D eigenvalue weighted by Gasteiger charge is -2.39. The van der Waals surface area contributed by atoms with Crippen LogP contribution in [0.1, 0.15) is 45.1 Å². The lowest BCUT2D eigenvalue weighted by Crippen LogP contribution is -2.49. The Morgan fingerprint density at radius 2 is 1.60 bits per heavy atom. The molecule has 47 heavy (non-hydrogen) atoms. The van der Waals surface area contributed by atoms with Crippen LogP contribution in [0.4, 0.5) is 35.1 Å². The van der Waals surface area contributed by atoms with Gasteiger partial charge in [-0.2, -0.15) is 31.4 Å². The number of nitrogens with zero attached hydrogens (tertiary/aromatic N) is 4. The lowest BCUT2D eigenvalue weighted by molar-refractivity contribution is -0.143. The van der Waals surface area contributed by atoms with E-state index in [2.05, 4.69) is 10.1 Å². The molecule has 2 aromatic heterocycles. The molecule has 1 unspecified atom stereocenters. The number of carbonyl (C=O) groups excluding carboxylic acids is 1. The highest BCUT2D eigenvalue weighted by molar-refractivity contribution is 5.89. The first kappa shape index (κ1) is 31.9. The van der Waals surface area contributed by atoms with Gasteiger partial charge in [-0.3, -0.25) is 4.79 Å². The third kappa shape index (κ3) is 6.23. The second-order valence-corrected chi connectivity index (χ2v) is 11.2. The Morgan fingerprint density at radius 1 is 0.936 bits per heavy atom. The van der Waals surface area contributed by atoms with Gasteiger partial charge in [-0.1, -0.05) is 36.4 Å². The number of amides is 1. The van der Waals surface area contributed by atoms with Crippen molar-refractivity contribution in [2.75, 3.05) is 13.1 Å². The highest BCUT2D eigenvalue weighted by atomic mass is 19.4. The standard InChI is InChI=1S/C31H22F8N4O4/c32-29(33)11-22(29)27(44)42-13-18(14-42)17-9-7-16(8-10-17)15-47-25-19(3-1-4-21(25)30(34,35)36)23-5-2-6-24(41-23)43-26(31(37,38)39)20(12-40-43)28(45)46/h1-10,12,18,22H,11,13-15H2,(H,45,46). The van der Waals surface area contributed by atoms with Crippen LogP contribution in [-0.2, 0) is 23.8 Å². The summed E-state index contributed by atoms with van der Waals surface area (Å²) in [6.07, 6.45) is -9.98. The van der Waals surface area contributed by atoms with Crippen LogP contribution in [0.25, 0.3) is 17.1 Å². The molecule has 1 amide bonds. The van der Waals surface area contributed by atoms with Crippen LogP contribution in [0, 0.1) is 5.92 Å². The zero-order chi connectivity index (χ0) is 33.9. The van der Waals surface area contributed by atoms with E-state index in [1.807, 2.05) is 0 Å². The van der Waals surface area contributed by atoms with Gasteiger partial charge in [0.05, 0.1) is 17.5 Å². The van der Waals surface area contributed by atoms with E-state index in [1.165, 1.54) is 23.1 Å². The highest BCUT2D eigenvalue weighted by Gasteiger charge is 2.63. The maximum atomic E-state index is 14.1. The van der Waals surface area contributed by atoms with E-state index in [-0.39, 0.29) is 41.6 Å². The predicted octanol–water partition coefficient (Wildman–Crippen LogP) is 6.83. The van der Waals surface area contributed by atoms with E-state index in [1.54, 1.807) is 24.3 Å². The summed E-state index contributed by atoms with van der Waals surface area (Å²) in [7, 11) is 0. The molecule has 16 heteroatoms. The van der Waals surface area contributed by atoms with E-state index in [0.29, 0.717) is 11.8 Å². The SMILES string of the molecule is O=C(O)c1cnn(-c2cccc(-c3cccc(C(F)(F)F)c3OCc3ccc(C4CN(C(=O)C5CC5(F)F)C4)cc3)n2)c1C(F)(F)F. The summed E-state index contributed by atoms with van der Waals surface area (Å²) < 4.78 is 116. The monoisotopic (exact) mass is 666 g/mol. The van der Waals surface area contributed by atoms with Gasteiger partial charge in [0, 0.05) is 31.0 Å². The summed E-state index contributed by atoms with van der Waals surface area (Å²) in [5.74, 6) is -7.90. The zero-order valence-electron chi connectivity index (χ0n) is 23.8. The van der Waals surface area contributed by atoms with Crippen molar-refractivity contribution in [3.63, 3.8) is 0 Å². The summed E-state index contributed by atoms with van der Waals surface area (Å²) in [4.78, 5) is 29.0. The number of aromatic carboxylic acids is 1. The third-order valence-corrected chi connectivity index (χ3v) is 7.97. The molecule has 1 saturated carbocycles. The van der Waals surface area contributed by atoms with Gasteiger partial charge in [-0.05, 0) is 35.4 Å². The molecule has 1 aliphatic heterocycles. The molecule has 4 aromatic rings. The molecule has 2 aromatic carbocycles. The summed E-state index contributed by atoms with van der Waals surface area (Å²) in [5.41, 5.74) is -3.04. The molecule has 2 fully saturated rings. The minimum Gasteiger partial charge on any atom is -0.488 e. The van der Waals surface area contributed by atoms with Crippen LogP contribution >= 0.6 is 0 Å². The Hall–Kier alpha value is -5.02. The highest BCUT2D eigenvalue weighted by Crippen LogP contribution is 2.50. The van der Waals surface area contributed by atoms with E-state index in [4.69, 9.17) is 4.74 Å². The Balaban J connectivity index is 1.24. The molecule has 1 N–H and O–H groups in total. The molecule has 1 saturated heterocycles. The van der Waals surface area contributed by atoms with Gasteiger partial charge < -0.3 is 14.7 Å². The summed E-state index contributed by atoms with van der Waals surface area (Å²) >= 11 is 0. The quantitative estimate of drug-likeness (QED) is 0.207. The van der Waals surface area contributed by atoms with Crippen molar-refractivity contribution in [1.82, 2.24) is 19.7 Å². The molecule has 0 radical (unpaired) electrons. The second-order valence-electron chi connectivity index (χ2n) is 11.2. The largest absolute Gasteiger partial charge is 0.488 e. The summed E-state index contributed by atoms with van der Waals surface area (Å²) in [5, 5.41) is 12.7. The van der Waals surface area contributed by atoms with Crippen molar-refractivity contribution >= 4 is 11.9 Å². The number of alkyl halides is 8. The fraction of sp³-hybridized carbons (Fsp3) is 0.290. The fourth-order valence-corrected chi connectivity index (χ4v) is 5.37.